The standard InChI is InChI=1S/C12H22N4O8S/c13-5(1-17)9(20)14-6(2-18)10(21)15-7(3-19)11(22)16-8(4-25)12(23)24/h5-8,17-19,25H,1-4,13H2,(H,14,20)(H,15,21)(H,16,22)(H,23,24). The number of thiol groups is 1. The van der Waals surface area contributed by atoms with E-state index >= 15 is 0 Å². The molecule has 4 unspecified atom stereocenters. The molecule has 0 heterocycles. The fraction of sp³-hybridized carbons (Fsp3) is 0.667. The molecule has 0 aromatic heterocycles. The predicted molar refractivity (Wildman–Crippen MR) is 86.5 cm³/mol. The van der Waals surface area contributed by atoms with E-state index in [2.05, 4.69) is 28.6 Å². The lowest BCUT2D eigenvalue weighted by molar-refractivity contribution is -0.142. The Hall–Kier alpha value is -1.93. The molecule has 144 valence electrons. The van der Waals surface area contributed by atoms with Gasteiger partial charge in [0.25, 0.3) is 0 Å². The molecule has 0 saturated carbocycles. The summed E-state index contributed by atoms with van der Waals surface area (Å²) in [6.07, 6.45) is 0. The van der Waals surface area contributed by atoms with Crippen molar-refractivity contribution in [3.8, 4) is 0 Å². The van der Waals surface area contributed by atoms with E-state index in [4.69, 9.17) is 21.1 Å². The summed E-state index contributed by atoms with van der Waals surface area (Å²) in [7, 11) is 0. The maximum absolute atomic E-state index is 12.0. The highest BCUT2D eigenvalue weighted by molar-refractivity contribution is 7.80. The van der Waals surface area contributed by atoms with E-state index in [0.717, 1.165) is 0 Å². The van der Waals surface area contributed by atoms with Crippen molar-refractivity contribution in [2.45, 2.75) is 24.2 Å². The summed E-state index contributed by atoms with van der Waals surface area (Å²) in [6.45, 7) is -2.39. The first-order valence-electron chi connectivity index (χ1n) is 7.04. The van der Waals surface area contributed by atoms with Crippen molar-refractivity contribution in [1.82, 2.24) is 16.0 Å². The average Bonchev–Trinajstić information content (AvgIpc) is 2.59. The molecular formula is C12H22N4O8S. The van der Waals surface area contributed by atoms with Gasteiger partial charge in [0.05, 0.1) is 19.8 Å². The van der Waals surface area contributed by atoms with Crippen LogP contribution >= 0.6 is 12.6 Å². The Morgan fingerprint density at radius 2 is 1.20 bits per heavy atom. The number of carboxylic acids is 1. The first-order chi connectivity index (χ1) is 11.7. The van der Waals surface area contributed by atoms with E-state index in [1.165, 1.54) is 0 Å². The van der Waals surface area contributed by atoms with Gasteiger partial charge in [-0.05, 0) is 0 Å². The van der Waals surface area contributed by atoms with Gasteiger partial charge in [0.15, 0.2) is 0 Å². The number of amides is 3. The topological polar surface area (TPSA) is 211 Å². The molecule has 0 aliphatic rings. The van der Waals surface area contributed by atoms with Crippen molar-refractivity contribution in [3.05, 3.63) is 0 Å². The van der Waals surface area contributed by atoms with E-state index in [1.54, 1.807) is 0 Å². The molecule has 12 nitrogen and oxygen atoms in total. The van der Waals surface area contributed by atoms with Crippen LogP contribution in [-0.2, 0) is 19.2 Å². The number of rotatable bonds is 11. The number of carbonyl (C=O) groups is 4. The maximum Gasteiger partial charge on any atom is 0.327 e. The van der Waals surface area contributed by atoms with E-state index in [9.17, 15) is 24.3 Å². The normalized spacial score (nSPS) is 15.4. The van der Waals surface area contributed by atoms with Crippen LogP contribution in [0.2, 0.25) is 0 Å². The maximum atomic E-state index is 12.0. The summed E-state index contributed by atoms with van der Waals surface area (Å²) >= 11 is 3.75. The zero-order valence-electron chi connectivity index (χ0n) is 13.1. The molecule has 9 N–H and O–H groups in total. The van der Waals surface area contributed by atoms with Gasteiger partial charge in [0, 0.05) is 5.75 Å². The third kappa shape index (κ3) is 7.66. The van der Waals surface area contributed by atoms with Gasteiger partial charge in [-0.2, -0.15) is 12.6 Å². The number of hydrogen-bond acceptors (Lipinski definition) is 9. The predicted octanol–water partition coefficient (Wildman–Crippen LogP) is -5.24. The van der Waals surface area contributed by atoms with E-state index in [0.29, 0.717) is 0 Å². The second-order valence-electron chi connectivity index (χ2n) is 4.86. The molecule has 13 heteroatoms. The highest BCUT2D eigenvalue weighted by Crippen LogP contribution is 1.94. The second kappa shape index (κ2) is 11.6. The minimum Gasteiger partial charge on any atom is -0.480 e. The van der Waals surface area contributed by atoms with Gasteiger partial charge in [-0.1, -0.05) is 0 Å². The molecule has 0 fully saturated rings. The molecule has 0 radical (unpaired) electrons. The van der Waals surface area contributed by atoms with Crippen LogP contribution in [0, 0.1) is 0 Å². The summed E-state index contributed by atoms with van der Waals surface area (Å²) in [5.74, 6) is -4.51. The number of nitrogens with one attached hydrogen (secondary N) is 3. The van der Waals surface area contributed by atoms with Gasteiger partial charge < -0.3 is 42.1 Å². The van der Waals surface area contributed by atoms with Crippen LogP contribution in [-0.4, -0.2) is 93.9 Å². The van der Waals surface area contributed by atoms with Crippen LogP contribution < -0.4 is 21.7 Å². The van der Waals surface area contributed by atoms with Gasteiger partial charge in [-0.15, -0.1) is 0 Å². The quantitative estimate of drug-likeness (QED) is 0.156. The van der Waals surface area contributed by atoms with E-state index < -0.39 is 67.7 Å². The average molecular weight is 382 g/mol. The lowest BCUT2D eigenvalue weighted by Crippen LogP contribution is -2.59. The molecule has 4 atom stereocenters. The van der Waals surface area contributed by atoms with E-state index in [-0.39, 0.29) is 5.75 Å². The highest BCUT2D eigenvalue weighted by atomic mass is 32.1. The van der Waals surface area contributed by atoms with Crippen LogP contribution in [0.15, 0.2) is 0 Å². The Bertz CT molecular complexity index is 492. The molecule has 0 spiro atoms. The monoisotopic (exact) mass is 382 g/mol. The zero-order chi connectivity index (χ0) is 19.6. The Balaban J connectivity index is 4.86. The number of carboxylic acid groups (broad SMARTS) is 1. The zero-order valence-corrected chi connectivity index (χ0v) is 14.0. The van der Waals surface area contributed by atoms with Gasteiger partial charge in [0.2, 0.25) is 17.7 Å². The first kappa shape index (κ1) is 23.1. The molecule has 25 heavy (non-hydrogen) atoms. The summed E-state index contributed by atoms with van der Waals surface area (Å²) in [4.78, 5) is 46.2. The van der Waals surface area contributed by atoms with Crippen LogP contribution in [0.1, 0.15) is 0 Å². The molecule has 0 aliphatic heterocycles. The van der Waals surface area contributed by atoms with Crippen LogP contribution in [0.25, 0.3) is 0 Å². The molecule has 0 aromatic carbocycles. The summed E-state index contributed by atoms with van der Waals surface area (Å²) in [6, 6.07) is -5.66. The fourth-order valence-corrected chi connectivity index (χ4v) is 1.73. The Labute approximate surface area is 148 Å². The minimum atomic E-state index is -1.52. The number of hydrogen-bond donors (Lipinski definition) is 9. The minimum absolute atomic E-state index is 0.221. The molecule has 0 rings (SSSR count). The van der Waals surface area contributed by atoms with Gasteiger partial charge in [-0.25, -0.2) is 4.79 Å². The van der Waals surface area contributed by atoms with Crippen LogP contribution in [0.5, 0.6) is 0 Å². The second-order valence-corrected chi connectivity index (χ2v) is 5.22. The van der Waals surface area contributed by atoms with Crippen LogP contribution in [0.3, 0.4) is 0 Å². The Morgan fingerprint density at radius 1 is 0.800 bits per heavy atom. The Kier molecular flexibility index (Phi) is 10.7. The number of aliphatic hydroxyl groups excluding tert-OH is 3. The number of aliphatic hydroxyl groups is 3. The van der Waals surface area contributed by atoms with Crippen molar-refractivity contribution >= 4 is 36.3 Å². The first-order valence-corrected chi connectivity index (χ1v) is 7.67. The Morgan fingerprint density at radius 3 is 1.52 bits per heavy atom. The van der Waals surface area contributed by atoms with E-state index in [1.807, 2.05) is 0 Å². The lowest BCUT2D eigenvalue weighted by Gasteiger charge is -2.22. The van der Waals surface area contributed by atoms with Crippen molar-refractivity contribution in [3.63, 3.8) is 0 Å². The van der Waals surface area contributed by atoms with Crippen molar-refractivity contribution in [2.24, 2.45) is 5.73 Å². The molecule has 3 amide bonds. The molecule has 0 bridgehead atoms. The SMILES string of the molecule is NC(CO)C(=O)NC(CO)C(=O)NC(CO)C(=O)NC(CS)C(=O)O. The molecule has 0 aromatic rings. The lowest BCUT2D eigenvalue weighted by atomic mass is 10.2. The van der Waals surface area contributed by atoms with Crippen molar-refractivity contribution in [1.29, 1.82) is 0 Å². The number of nitrogens with two attached hydrogens (primary N) is 1. The summed E-state index contributed by atoms with van der Waals surface area (Å²) in [5.41, 5.74) is 5.25. The summed E-state index contributed by atoms with van der Waals surface area (Å²) in [5, 5.41) is 42.1. The van der Waals surface area contributed by atoms with Gasteiger partial charge in [0.1, 0.15) is 24.2 Å². The third-order valence-corrected chi connectivity index (χ3v) is 3.33. The molecule has 0 aliphatic carbocycles. The fourth-order valence-electron chi connectivity index (χ4n) is 1.48. The smallest absolute Gasteiger partial charge is 0.327 e. The molecular weight excluding hydrogens is 360 g/mol. The number of aliphatic carboxylic acids is 1. The molecule has 0 saturated heterocycles. The van der Waals surface area contributed by atoms with Crippen molar-refractivity contribution in [2.75, 3.05) is 25.6 Å². The van der Waals surface area contributed by atoms with Gasteiger partial charge in [-0.3, -0.25) is 14.4 Å². The van der Waals surface area contributed by atoms with Crippen LogP contribution in [0.4, 0.5) is 0 Å². The van der Waals surface area contributed by atoms with Gasteiger partial charge >= 0.3 is 5.97 Å². The number of carbonyl (C=O) groups excluding carboxylic acids is 3. The van der Waals surface area contributed by atoms with Crippen molar-refractivity contribution < 1.29 is 39.6 Å². The highest BCUT2D eigenvalue weighted by Gasteiger charge is 2.29. The third-order valence-electron chi connectivity index (χ3n) is 2.96. The largest absolute Gasteiger partial charge is 0.480 e. The summed E-state index contributed by atoms with van der Waals surface area (Å²) < 4.78 is 0.